The van der Waals surface area contributed by atoms with Gasteiger partial charge in [0.15, 0.2) is 0 Å². The van der Waals surface area contributed by atoms with Crippen LogP contribution in [0.5, 0.6) is 0 Å². The number of amides is 1. The van der Waals surface area contributed by atoms with Gasteiger partial charge in [0.05, 0.1) is 18.1 Å². The van der Waals surface area contributed by atoms with Crippen molar-refractivity contribution in [1.82, 2.24) is 15.2 Å². The van der Waals surface area contributed by atoms with E-state index in [1.807, 2.05) is 0 Å². The lowest BCUT2D eigenvalue weighted by molar-refractivity contribution is -0.114. The van der Waals surface area contributed by atoms with E-state index < -0.39 is 5.97 Å². The van der Waals surface area contributed by atoms with Crippen LogP contribution < -0.4 is 10.2 Å². The Morgan fingerprint density at radius 2 is 2.18 bits per heavy atom. The number of aromatic amines is 1. The summed E-state index contributed by atoms with van der Waals surface area (Å²) >= 11 is 0. The van der Waals surface area contributed by atoms with Crippen LogP contribution in [-0.2, 0) is 11.2 Å². The molecule has 8 heteroatoms. The SMILES string of the molecule is CC(=O)Nc1cnc(N(C)CCc2cn[nH]c2)c(C(=O)O)c1. The Labute approximate surface area is 127 Å². The zero-order valence-corrected chi connectivity index (χ0v) is 12.3. The lowest BCUT2D eigenvalue weighted by Gasteiger charge is -2.20. The maximum atomic E-state index is 11.4. The summed E-state index contributed by atoms with van der Waals surface area (Å²) in [6, 6.07) is 1.40. The van der Waals surface area contributed by atoms with Crippen molar-refractivity contribution in [3.63, 3.8) is 0 Å². The molecule has 2 aromatic rings. The predicted molar refractivity (Wildman–Crippen MR) is 81.1 cm³/mol. The van der Waals surface area contributed by atoms with Crippen molar-refractivity contribution in [1.29, 1.82) is 0 Å². The highest BCUT2D eigenvalue weighted by Gasteiger charge is 2.16. The minimum atomic E-state index is -1.09. The number of pyridine rings is 1. The van der Waals surface area contributed by atoms with Crippen molar-refractivity contribution >= 4 is 23.4 Å². The van der Waals surface area contributed by atoms with Crippen LogP contribution in [0.2, 0.25) is 0 Å². The molecule has 0 unspecified atom stereocenters. The topological polar surface area (TPSA) is 111 Å². The number of H-pyrrole nitrogens is 1. The Morgan fingerprint density at radius 1 is 1.41 bits per heavy atom. The quantitative estimate of drug-likeness (QED) is 0.738. The number of hydrogen-bond donors (Lipinski definition) is 3. The highest BCUT2D eigenvalue weighted by Crippen LogP contribution is 2.21. The van der Waals surface area contributed by atoms with Crippen LogP contribution in [-0.4, -0.2) is 45.8 Å². The second-order valence-corrected chi connectivity index (χ2v) is 4.86. The average molecular weight is 303 g/mol. The van der Waals surface area contributed by atoms with E-state index in [2.05, 4.69) is 20.5 Å². The number of anilines is 2. The van der Waals surface area contributed by atoms with Crippen molar-refractivity contribution in [3.05, 3.63) is 35.8 Å². The summed E-state index contributed by atoms with van der Waals surface area (Å²) in [4.78, 5) is 28.4. The molecule has 0 aliphatic carbocycles. The molecular formula is C14H17N5O3. The van der Waals surface area contributed by atoms with Gasteiger partial charge < -0.3 is 15.3 Å². The molecule has 0 fully saturated rings. The summed E-state index contributed by atoms with van der Waals surface area (Å²) in [6.45, 7) is 1.94. The largest absolute Gasteiger partial charge is 0.478 e. The third kappa shape index (κ3) is 3.81. The molecule has 0 aliphatic heterocycles. The molecule has 0 radical (unpaired) electrons. The van der Waals surface area contributed by atoms with Crippen LogP contribution in [0.3, 0.4) is 0 Å². The summed E-state index contributed by atoms with van der Waals surface area (Å²) in [5.41, 5.74) is 1.43. The van der Waals surface area contributed by atoms with Crippen LogP contribution in [0.4, 0.5) is 11.5 Å². The van der Waals surface area contributed by atoms with Crippen molar-refractivity contribution in [2.24, 2.45) is 0 Å². The van der Waals surface area contributed by atoms with Crippen molar-refractivity contribution in [2.45, 2.75) is 13.3 Å². The van der Waals surface area contributed by atoms with E-state index >= 15 is 0 Å². The molecule has 22 heavy (non-hydrogen) atoms. The van der Waals surface area contributed by atoms with Gasteiger partial charge in [0.2, 0.25) is 5.91 Å². The summed E-state index contributed by atoms with van der Waals surface area (Å²) in [6.07, 6.45) is 5.66. The Morgan fingerprint density at radius 3 is 2.77 bits per heavy atom. The number of hydrogen-bond acceptors (Lipinski definition) is 5. The van der Waals surface area contributed by atoms with Gasteiger partial charge in [-0.2, -0.15) is 5.10 Å². The first-order chi connectivity index (χ1) is 10.5. The molecule has 1 amide bonds. The molecule has 0 bridgehead atoms. The molecule has 116 valence electrons. The van der Waals surface area contributed by atoms with E-state index in [1.54, 1.807) is 24.3 Å². The van der Waals surface area contributed by atoms with Gasteiger partial charge >= 0.3 is 5.97 Å². The minimum Gasteiger partial charge on any atom is -0.478 e. The maximum absolute atomic E-state index is 11.4. The third-order valence-electron chi connectivity index (χ3n) is 3.07. The fourth-order valence-electron chi connectivity index (χ4n) is 2.01. The van der Waals surface area contributed by atoms with Crippen molar-refractivity contribution < 1.29 is 14.7 Å². The van der Waals surface area contributed by atoms with Gasteiger partial charge in [-0.15, -0.1) is 0 Å². The van der Waals surface area contributed by atoms with Crippen LogP contribution in [0.15, 0.2) is 24.7 Å². The average Bonchev–Trinajstić information content (AvgIpc) is 2.97. The highest BCUT2D eigenvalue weighted by molar-refractivity contribution is 5.96. The Bertz CT molecular complexity index is 669. The second-order valence-electron chi connectivity index (χ2n) is 4.86. The third-order valence-corrected chi connectivity index (χ3v) is 3.07. The second kappa shape index (κ2) is 6.70. The fraction of sp³-hybridized carbons (Fsp3) is 0.286. The van der Waals surface area contributed by atoms with Crippen LogP contribution in [0.1, 0.15) is 22.8 Å². The van der Waals surface area contributed by atoms with Gasteiger partial charge in [0, 0.05) is 26.7 Å². The number of carboxylic acid groups (broad SMARTS) is 1. The van der Waals surface area contributed by atoms with Gasteiger partial charge in [-0.05, 0) is 18.1 Å². The normalized spacial score (nSPS) is 10.3. The first-order valence-corrected chi connectivity index (χ1v) is 6.67. The lowest BCUT2D eigenvalue weighted by Crippen LogP contribution is -2.24. The van der Waals surface area contributed by atoms with Crippen molar-refractivity contribution in [2.75, 3.05) is 23.8 Å². The molecule has 2 rings (SSSR count). The molecule has 3 N–H and O–H groups in total. The zero-order chi connectivity index (χ0) is 16.1. The predicted octanol–water partition coefficient (Wildman–Crippen LogP) is 1.14. The number of aromatic nitrogens is 3. The van der Waals surface area contributed by atoms with Crippen molar-refractivity contribution in [3.8, 4) is 0 Å². The monoisotopic (exact) mass is 303 g/mol. The molecule has 2 aromatic heterocycles. The Balaban J connectivity index is 2.17. The number of carbonyl (C=O) groups excluding carboxylic acids is 1. The number of nitrogens with one attached hydrogen (secondary N) is 2. The summed E-state index contributed by atoms with van der Waals surface area (Å²) in [7, 11) is 1.77. The van der Waals surface area contributed by atoms with E-state index in [-0.39, 0.29) is 11.5 Å². The van der Waals surface area contributed by atoms with E-state index in [0.29, 0.717) is 24.5 Å². The molecule has 0 aliphatic rings. The molecule has 2 heterocycles. The number of nitrogens with zero attached hydrogens (tertiary/aromatic N) is 3. The Kier molecular flexibility index (Phi) is 4.72. The number of likely N-dealkylation sites (N-methyl/N-ethyl adjacent to an activating group) is 1. The van der Waals surface area contributed by atoms with E-state index in [9.17, 15) is 14.7 Å². The molecule has 0 aromatic carbocycles. The number of aromatic carboxylic acids is 1. The lowest BCUT2D eigenvalue weighted by atomic mass is 10.2. The molecule has 0 saturated carbocycles. The number of rotatable bonds is 6. The first kappa shape index (κ1) is 15.5. The molecule has 0 spiro atoms. The fourth-order valence-corrected chi connectivity index (χ4v) is 2.01. The van der Waals surface area contributed by atoms with Gasteiger partial charge in [-0.3, -0.25) is 9.89 Å². The molecule has 0 saturated heterocycles. The first-order valence-electron chi connectivity index (χ1n) is 6.67. The van der Waals surface area contributed by atoms with Crippen LogP contribution in [0.25, 0.3) is 0 Å². The number of carbonyl (C=O) groups is 2. The summed E-state index contributed by atoms with van der Waals surface area (Å²) < 4.78 is 0. The van der Waals surface area contributed by atoms with Gasteiger partial charge in [-0.1, -0.05) is 0 Å². The molecule has 0 atom stereocenters. The van der Waals surface area contributed by atoms with Gasteiger partial charge in [0.1, 0.15) is 11.4 Å². The molecular weight excluding hydrogens is 286 g/mol. The minimum absolute atomic E-state index is 0.0425. The zero-order valence-electron chi connectivity index (χ0n) is 12.3. The summed E-state index contributed by atoms with van der Waals surface area (Å²) in [5, 5.41) is 18.5. The standard InChI is InChI=1S/C14H17N5O3/c1-9(20)18-11-5-12(14(21)22)13(15-8-11)19(2)4-3-10-6-16-17-7-10/h5-8H,3-4H2,1-2H3,(H,16,17)(H,18,20)(H,21,22). The van der Waals surface area contributed by atoms with Crippen LogP contribution >= 0.6 is 0 Å². The van der Waals surface area contributed by atoms with E-state index in [0.717, 1.165) is 5.56 Å². The van der Waals surface area contributed by atoms with Crippen LogP contribution in [0, 0.1) is 0 Å². The van der Waals surface area contributed by atoms with Gasteiger partial charge in [-0.25, -0.2) is 9.78 Å². The highest BCUT2D eigenvalue weighted by atomic mass is 16.4. The van der Waals surface area contributed by atoms with Gasteiger partial charge in [0.25, 0.3) is 0 Å². The van der Waals surface area contributed by atoms with E-state index in [1.165, 1.54) is 19.2 Å². The van der Waals surface area contributed by atoms with E-state index in [4.69, 9.17) is 0 Å². The smallest absolute Gasteiger partial charge is 0.339 e. The maximum Gasteiger partial charge on any atom is 0.339 e. The summed E-state index contributed by atoms with van der Waals surface area (Å²) in [5.74, 6) is -1.02. The Hall–Kier alpha value is -2.90. The molecule has 8 nitrogen and oxygen atoms in total. The number of carboxylic acids is 1.